The van der Waals surface area contributed by atoms with E-state index in [0.717, 1.165) is 16.7 Å². The molecule has 1 unspecified atom stereocenters. The molecular weight excluding hydrogens is 460 g/mol. The summed E-state index contributed by atoms with van der Waals surface area (Å²) in [7, 11) is 1.66. The van der Waals surface area contributed by atoms with Crippen LogP contribution in [0.25, 0.3) is 11.1 Å². The van der Waals surface area contributed by atoms with Crippen molar-refractivity contribution in [3.63, 3.8) is 0 Å². The molecule has 0 radical (unpaired) electrons. The van der Waals surface area contributed by atoms with Gasteiger partial charge < -0.3 is 10.6 Å². The van der Waals surface area contributed by atoms with Gasteiger partial charge in [0.05, 0.1) is 0 Å². The number of aliphatic imine (C=N–C) groups is 1. The van der Waals surface area contributed by atoms with Gasteiger partial charge in [-0.25, -0.2) is 4.99 Å². The minimum atomic E-state index is -1.12. The van der Waals surface area contributed by atoms with Crippen molar-refractivity contribution >= 4 is 29.4 Å². The van der Waals surface area contributed by atoms with Crippen molar-refractivity contribution < 1.29 is 9.59 Å². The van der Waals surface area contributed by atoms with Crippen molar-refractivity contribution in [2.45, 2.75) is 18.4 Å². The van der Waals surface area contributed by atoms with Gasteiger partial charge in [0.2, 0.25) is 0 Å². The third-order valence-electron chi connectivity index (χ3n) is 7.12. The van der Waals surface area contributed by atoms with Crippen LogP contribution in [0.2, 0.25) is 5.02 Å². The molecule has 0 bridgehead atoms. The maximum Gasteiger partial charge on any atom is 0.261 e. The number of hydrogen-bond donors (Lipinski definition) is 1. The first-order chi connectivity index (χ1) is 16.9. The molecule has 5 rings (SSSR count). The molecule has 2 aliphatic rings. The van der Waals surface area contributed by atoms with Crippen molar-refractivity contribution in [2.75, 3.05) is 20.1 Å². The molecule has 3 aromatic carbocycles. The SMILES string of the molecule is CN1C(=O)C(c2cccc(-c3cccc(Cl)c3)c2)(C2CCN(C(=O)c3ccccc3)CC2)N=C1N. The molecule has 7 heteroatoms. The molecule has 2 N–H and O–H groups in total. The standard InChI is InChI=1S/C28H27ClN4O2/c1-32-26(35)28(31-27(32)30,23-11-5-9-20(17-23)21-10-6-12-24(29)18-21)22-13-15-33(16-14-22)25(34)19-7-3-2-4-8-19/h2-12,17-18,22H,13-16H2,1H3,(H2,30,31). The first-order valence-corrected chi connectivity index (χ1v) is 12.1. The zero-order valence-corrected chi connectivity index (χ0v) is 20.3. The van der Waals surface area contributed by atoms with Gasteiger partial charge in [-0.15, -0.1) is 0 Å². The van der Waals surface area contributed by atoms with E-state index in [-0.39, 0.29) is 23.7 Å². The number of carbonyl (C=O) groups excluding carboxylic acids is 2. The van der Waals surface area contributed by atoms with Crippen LogP contribution in [0.4, 0.5) is 0 Å². The Morgan fingerprint density at radius 1 is 0.971 bits per heavy atom. The second-order valence-corrected chi connectivity index (χ2v) is 9.56. The quantitative estimate of drug-likeness (QED) is 0.588. The molecule has 2 amide bonds. The van der Waals surface area contributed by atoms with Crippen LogP contribution in [0.5, 0.6) is 0 Å². The highest BCUT2D eigenvalue weighted by Crippen LogP contribution is 2.45. The Bertz CT molecular complexity index is 1300. The second-order valence-electron chi connectivity index (χ2n) is 9.12. The Balaban J connectivity index is 1.48. The van der Waals surface area contributed by atoms with Crippen molar-refractivity contribution in [3.8, 4) is 11.1 Å². The van der Waals surface area contributed by atoms with E-state index < -0.39 is 5.54 Å². The van der Waals surface area contributed by atoms with E-state index >= 15 is 0 Å². The number of nitrogens with zero attached hydrogens (tertiary/aromatic N) is 3. The van der Waals surface area contributed by atoms with Crippen molar-refractivity contribution in [2.24, 2.45) is 16.6 Å². The first-order valence-electron chi connectivity index (χ1n) is 11.7. The van der Waals surface area contributed by atoms with Gasteiger partial charge in [0, 0.05) is 36.6 Å². The number of piperidine rings is 1. The largest absolute Gasteiger partial charge is 0.369 e. The van der Waals surface area contributed by atoms with Gasteiger partial charge in [-0.05, 0) is 59.9 Å². The zero-order chi connectivity index (χ0) is 24.6. The Morgan fingerprint density at radius 3 is 2.26 bits per heavy atom. The molecule has 0 aliphatic carbocycles. The molecule has 178 valence electrons. The van der Waals surface area contributed by atoms with Crippen LogP contribution >= 0.6 is 11.6 Å². The lowest BCUT2D eigenvalue weighted by atomic mass is 9.72. The van der Waals surface area contributed by atoms with Crippen molar-refractivity contribution in [1.82, 2.24) is 9.80 Å². The summed E-state index contributed by atoms with van der Waals surface area (Å²) < 4.78 is 0. The van der Waals surface area contributed by atoms with Crippen LogP contribution in [-0.4, -0.2) is 47.7 Å². The monoisotopic (exact) mass is 486 g/mol. The Morgan fingerprint density at radius 2 is 1.63 bits per heavy atom. The van der Waals surface area contributed by atoms with Gasteiger partial charge in [0.25, 0.3) is 11.8 Å². The fourth-order valence-electron chi connectivity index (χ4n) is 5.22. The molecule has 1 fully saturated rings. The van der Waals surface area contributed by atoms with Crippen molar-refractivity contribution in [3.05, 3.63) is 95.0 Å². The van der Waals surface area contributed by atoms with E-state index in [9.17, 15) is 9.59 Å². The molecule has 2 aliphatic heterocycles. The summed E-state index contributed by atoms with van der Waals surface area (Å²) in [5, 5.41) is 0.650. The fourth-order valence-corrected chi connectivity index (χ4v) is 5.41. The summed E-state index contributed by atoms with van der Waals surface area (Å²) in [5.41, 5.74) is 8.47. The fraction of sp³-hybridized carbons (Fsp3) is 0.250. The average molecular weight is 487 g/mol. The number of hydrogen-bond acceptors (Lipinski definition) is 4. The lowest BCUT2D eigenvalue weighted by molar-refractivity contribution is -0.133. The number of likely N-dealkylation sites (tertiary alicyclic amines) is 1. The zero-order valence-electron chi connectivity index (χ0n) is 19.5. The van der Waals surface area contributed by atoms with Crippen LogP contribution in [0.15, 0.2) is 83.9 Å². The Labute approximate surface area is 210 Å². The minimum absolute atomic E-state index is 0.0129. The number of likely N-dealkylation sites (N-methyl/N-ethyl adjacent to an activating group) is 1. The van der Waals surface area contributed by atoms with Crippen LogP contribution in [0.1, 0.15) is 28.8 Å². The molecule has 0 aromatic heterocycles. The normalized spacial score (nSPS) is 20.7. The summed E-state index contributed by atoms with van der Waals surface area (Å²) in [6, 6.07) is 24.8. The predicted molar refractivity (Wildman–Crippen MR) is 138 cm³/mol. The van der Waals surface area contributed by atoms with E-state index in [1.807, 2.05) is 83.8 Å². The van der Waals surface area contributed by atoms with E-state index in [0.29, 0.717) is 36.5 Å². The van der Waals surface area contributed by atoms with Crippen molar-refractivity contribution in [1.29, 1.82) is 0 Å². The van der Waals surface area contributed by atoms with Gasteiger partial charge in [-0.2, -0.15) is 0 Å². The van der Waals surface area contributed by atoms with E-state index in [2.05, 4.69) is 0 Å². The Hall–Kier alpha value is -3.64. The summed E-state index contributed by atoms with van der Waals surface area (Å²) in [6.07, 6.45) is 1.30. The second kappa shape index (κ2) is 9.19. The highest BCUT2D eigenvalue weighted by Gasteiger charge is 2.54. The maximum atomic E-state index is 13.7. The summed E-state index contributed by atoms with van der Waals surface area (Å²) in [4.78, 5) is 34.8. The smallest absolute Gasteiger partial charge is 0.261 e. The number of amides is 2. The molecule has 1 atom stereocenters. The highest BCUT2D eigenvalue weighted by atomic mass is 35.5. The van der Waals surface area contributed by atoms with E-state index in [1.165, 1.54) is 4.90 Å². The predicted octanol–water partition coefficient (Wildman–Crippen LogP) is 4.54. The molecule has 6 nitrogen and oxygen atoms in total. The van der Waals surface area contributed by atoms with Gasteiger partial charge in [0.15, 0.2) is 11.5 Å². The van der Waals surface area contributed by atoms with E-state index in [1.54, 1.807) is 7.05 Å². The summed E-state index contributed by atoms with van der Waals surface area (Å²) in [6.45, 7) is 1.11. The molecule has 3 aromatic rings. The number of halogens is 1. The Kier molecular flexibility index (Phi) is 6.07. The minimum Gasteiger partial charge on any atom is -0.369 e. The average Bonchev–Trinajstić information content (AvgIpc) is 3.13. The molecule has 2 heterocycles. The first kappa shape index (κ1) is 23.1. The van der Waals surface area contributed by atoms with Crippen LogP contribution in [-0.2, 0) is 10.3 Å². The van der Waals surface area contributed by atoms with Gasteiger partial charge in [-0.1, -0.05) is 60.1 Å². The third kappa shape index (κ3) is 4.08. The topological polar surface area (TPSA) is 79.0 Å². The number of guanidine groups is 1. The number of rotatable bonds is 4. The molecule has 35 heavy (non-hydrogen) atoms. The van der Waals surface area contributed by atoms with Crippen LogP contribution in [0.3, 0.4) is 0 Å². The van der Waals surface area contributed by atoms with Crippen LogP contribution < -0.4 is 5.73 Å². The molecule has 0 saturated carbocycles. The summed E-state index contributed by atoms with van der Waals surface area (Å²) in [5.74, 6) is 0.00361. The lowest BCUT2D eigenvalue weighted by Crippen LogP contribution is -2.49. The maximum absolute atomic E-state index is 13.7. The highest BCUT2D eigenvalue weighted by molar-refractivity contribution is 6.30. The summed E-state index contributed by atoms with van der Waals surface area (Å²) >= 11 is 6.22. The molecule has 0 spiro atoms. The molecular formula is C28H27ClN4O2. The number of nitrogens with two attached hydrogens (primary N) is 1. The third-order valence-corrected chi connectivity index (χ3v) is 7.35. The van der Waals surface area contributed by atoms with Gasteiger partial charge in [0.1, 0.15) is 0 Å². The van der Waals surface area contributed by atoms with Gasteiger partial charge >= 0.3 is 0 Å². The molecule has 1 saturated heterocycles. The van der Waals surface area contributed by atoms with E-state index in [4.69, 9.17) is 22.3 Å². The number of benzene rings is 3. The lowest BCUT2D eigenvalue weighted by Gasteiger charge is -2.40. The number of carbonyl (C=O) groups is 2. The van der Waals surface area contributed by atoms with Gasteiger partial charge in [-0.3, -0.25) is 14.5 Å². The van der Waals surface area contributed by atoms with Crippen LogP contribution in [0, 0.1) is 5.92 Å².